The molecule has 1 aliphatic heterocycles. The summed E-state index contributed by atoms with van der Waals surface area (Å²) in [5.74, 6) is 1.15. The highest BCUT2D eigenvalue weighted by molar-refractivity contribution is 5.19. The van der Waals surface area contributed by atoms with Crippen molar-refractivity contribution in [3.05, 3.63) is 59.8 Å². The number of morpholine rings is 1. The Balaban J connectivity index is 1.76. The fraction of sp³-hybridized carbons (Fsp3) is 0.450. The van der Waals surface area contributed by atoms with Gasteiger partial charge in [0.05, 0.1) is 25.0 Å². The van der Waals surface area contributed by atoms with E-state index in [1.165, 1.54) is 5.56 Å². The molecular weight excluding hydrogens is 300 g/mol. The third-order valence-corrected chi connectivity index (χ3v) is 4.49. The predicted octanol–water partition coefficient (Wildman–Crippen LogP) is 3.69. The van der Waals surface area contributed by atoms with Crippen LogP contribution >= 0.6 is 0 Å². The second-order valence-corrected chi connectivity index (χ2v) is 6.68. The fourth-order valence-electron chi connectivity index (χ4n) is 3.10. The summed E-state index contributed by atoms with van der Waals surface area (Å²) >= 11 is 0. The first-order chi connectivity index (χ1) is 11.7. The van der Waals surface area contributed by atoms with Crippen LogP contribution in [0.4, 0.5) is 0 Å². The summed E-state index contributed by atoms with van der Waals surface area (Å²) < 4.78 is 11.6. The Bertz CT molecular complexity index is 645. The Morgan fingerprint density at radius 1 is 1.12 bits per heavy atom. The Morgan fingerprint density at radius 3 is 2.62 bits per heavy atom. The molecule has 1 aromatic carbocycles. The third-order valence-electron chi connectivity index (χ3n) is 4.49. The maximum atomic E-state index is 6.36. The van der Waals surface area contributed by atoms with Crippen molar-refractivity contribution in [2.45, 2.75) is 32.6 Å². The quantitative estimate of drug-likeness (QED) is 0.839. The molecule has 1 aliphatic rings. The van der Waals surface area contributed by atoms with Crippen LogP contribution in [0.5, 0.6) is 5.88 Å². The second kappa shape index (κ2) is 7.77. The number of aromatic nitrogens is 1. The normalized spacial score (nSPS) is 21.8. The van der Waals surface area contributed by atoms with Crippen LogP contribution in [0.3, 0.4) is 0 Å². The lowest BCUT2D eigenvalue weighted by Gasteiger charge is -2.40. The molecule has 2 aromatic rings. The van der Waals surface area contributed by atoms with Crippen molar-refractivity contribution in [1.82, 2.24) is 9.88 Å². The molecule has 2 heterocycles. The Morgan fingerprint density at radius 2 is 1.92 bits per heavy atom. The van der Waals surface area contributed by atoms with Crippen LogP contribution in [0, 0.1) is 5.92 Å². The molecule has 3 rings (SSSR count). The number of hydrogen-bond acceptors (Lipinski definition) is 4. The Hall–Kier alpha value is -1.91. The van der Waals surface area contributed by atoms with Gasteiger partial charge in [-0.15, -0.1) is 0 Å². The number of rotatable bonds is 5. The van der Waals surface area contributed by atoms with E-state index in [4.69, 9.17) is 9.47 Å². The molecule has 0 unspecified atom stereocenters. The smallest absolute Gasteiger partial charge is 0.213 e. The summed E-state index contributed by atoms with van der Waals surface area (Å²) in [6, 6.07) is 16.4. The number of pyridine rings is 1. The van der Waals surface area contributed by atoms with E-state index in [1.54, 1.807) is 7.11 Å². The summed E-state index contributed by atoms with van der Waals surface area (Å²) in [6.07, 6.45) is 0.340. The average molecular weight is 326 g/mol. The standard InChI is InChI=1S/C20H26N2O2/c1-15(2)18-13-22(12-17-10-7-11-20(21-17)23-3)14-19(24-18)16-8-5-4-6-9-16/h4-11,15,18-19H,12-14H2,1-3H3/t18-,19+/m1/s1. The minimum atomic E-state index is 0.109. The lowest BCUT2D eigenvalue weighted by molar-refractivity contribution is -0.108. The molecular formula is C20H26N2O2. The summed E-state index contributed by atoms with van der Waals surface area (Å²) in [7, 11) is 1.65. The van der Waals surface area contributed by atoms with Gasteiger partial charge >= 0.3 is 0 Å². The van der Waals surface area contributed by atoms with Gasteiger partial charge < -0.3 is 9.47 Å². The molecule has 128 valence electrons. The predicted molar refractivity (Wildman–Crippen MR) is 95.0 cm³/mol. The van der Waals surface area contributed by atoms with Crippen LogP contribution in [0.2, 0.25) is 0 Å². The van der Waals surface area contributed by atoms with E-state index in [1.807, 2.05) is 18.2 Å². The van der Waals surface area contributed by atoms with Gasteiger partial charge in [-0.05, 0) is 17.5 Å². The first-order valence-corrected chi connectivity index (χ1v) is 8.58. The lowest BCUT2D eigenvalue weighted by atomic mass is 10.0. The molecule has 0 amide bonds. The zero-order chi connectivity index (χ0) is 16.9. The van der Waals surface area contributed by atoms with E-state index in [2.05, 4.69) is 54.1 Å². The minimum Gasteiger partial charge on any atom is -0.481 e. The van der Waals surface area contributed by atoms with Crippen LogP contribution in [0.25, 0.3) is 0 Å². The topological polar surface area (TPSA) is 34.6 Å². The Labute approximate surface area is 144 Å². The lowest BCUT2D eigenvalue weighted by Crippen LogP contribution is -2.45. The average Bonchev–Trinajstić information content (AvgIpc) is 2.62. The van der Waals surface area contributed by atoms with Crippen molar-refractivity contribution in [2.75, 3.05) is 20.2 Å². The van der Waals surface area contributed by atoms with Crippen LogP contribution in [0.15, 0.2) is 48.5 Å². The first kappa shape index (κ1) is 16.9. The zero-order valence-corrected chi connectivity index (χ0v) is 14.7. The van der Waals surface area contributed by atoms with Crippen molar-refractivity contribution in [2.24, 2.45) is 5.92 Å². The summed E-state index contributed by atoms with van der Waals surface area (Å²) in [5.41, 5.74) is 2.28. The van der Waals surface area contributed by atoms with E-state index in [0.29, 0.717) is 11.8 Å². The van der Waals surface area contributed by atoms with Gasteiger partial charge in [-0.25, -0.2) is 4.98 Å². The summed E-state index contributed by atoms with van der Waals surface area (Å²) in [6.45, 7) is 7.07. The SMILES string of the molecule is COc1cccc(CN2C[C@@H](c3ccccc3)O[C@@H](C(C)C)C2)n1. The van der Waals surface area contributed by atoms with E-state index in [-0.39, 0.29) is 12.2 Å². The molecule has 0 bridgehead atoms. The summed E-state index contributed by atoms with van der Waals surface area (Å²) in [5, 5.41) is 0. The van der Waals surface area contributed by atoms with Crippen molar-refractivity contribution in [3.8, 4) is 5.88 Å². The molecule has 0 N–H and O–H groups in total. The molecule has 24 heavy (non-hydrogen) atoms. The van der Waals surface area contributed by atoms with Crippen LogP contribution in [-0.2, 0) is 11.3 Å². The maximum absolute atomic E-state index is 6.36. The third kappa shape index (κ3) is 4.13. The molecule has 1 aromatic heterocycles. The van der Waals surface area contributed by atoms with Crippen molar-refractivity contribution in [3.63, 3.8) is 0 Å². The molecule has 4 heteroatoms. The van der Waals surface area contributed by atoms with Gasteiger partial charge in [0.25, 0.3) is 0 Å². The van der Waals surface area contributed by atoms with E-state index in [9.17, 15) is 0 Å². The van der Waals surface area contributed by atoms with Crippen LogP contribution < -0.4 is 4.74 Å². The monoisotopic (exact) mass is 326 g/mol. The van der Waals surface area contributed by atoms with Gasteiger partial charge in [0, 0.05) is 25.7 Å². The van der Waals surface area contributed by atoms with Crippen LogP contribution in [-0.4, -0.2) is 36.2 Å². The van der Waals surface area contributed by atoms with Gasteiger partial charge in [0.15, 0.2) is 0 Å². The molecule has 0 radical (unpaired) electrons. The molecule has 2 atom stereocenters. The van der Waals surface area contributed by atoms with Crippen molar-refractivity contribution in [1.29, 1.82) is 0 Å². The van der Waals surface area contributed by atoms with Crippen molar-refractivity contribution < 1.29 is 9.47 Å². The van der Waals surface area contributed by atoms with Gasteiger partial charge in [0.2, 0.25) is 5.88 Å². The molecule has 0 aliphatic carbocycles. The van der Waals surface area contributed by atoms with Gasteiger partial charge in [-0.2, -0.15) is 0 Å². The number of nitrogens with zero attached hydrogens (tertiary/aromatic N) is 2. The molecule has 0 saturated carbocycles. The first-order valence-electron chi connectivity index (χ1n) is 8.58. The van der Waals surface area contributed by atoms with Gasteiger partial charge in [-0.3, -0.25) is 4.90 Å². The minimum absolute atomic E-state index is 0.109. The van der Waals surface area contributed by atoms with Crippen molar-refractivity contribution >= 4 is 0 Å². The highest BCUT2D eigenvalue weighted by atomic mass is 16.5. The molecule has 1 saturated heterocycles. The van der Waals surface area contributed by atoms with Gasteiger partial charge in [-0.1, -0.05) is 50.2 Å². The molecule has 4 nitrogen and oxygen atoms in total. The zero-order valence-electron chi connectivity index (χ0n) is 14.7. The second-order valence-electron chi connectivity index (χ2n) is 6.68. The number of methoxy groups -OCH3 is 1. The number of benzene rings is 1. The highest BCUT2D eigenvalue weighted by Gasteiger charge is 2.30. The van der Waals surface area contributed by atoms with Crippen LogP contribution in [0.1, 0.15) is 31.2 Å². The molecule has 0 spiro atoms. The largest absolute Gasteiger partial charge is 0.481 e. The number of ether oxygens (including phenoxy) is 2. The summed E-state index contributed by atoms with van der Waals surface area (Å²) in [4.78, 5) is 6.99. The van der Waals surface area contributed by atoms with E-state index in [0.717, 1.165) is 25.3 Å². The highest BCUT2D eigenvalue weighted by Crippen LogP contribution is 2.28. The van der Waals surface area contributed by atoms with E-state index < -0.39 is 0 Å². The molecule has 1 fully saturated rings. The van der Waals surface area contributed by atoms with Gasteiger partial charge in [0.1, 0.15) is 0 Å². The number of hydrogen-bond donors (Lipinski definition) is 0. The Kier molecular flexibility index (Phi) is 5.48. The van der Waals surface area contributed by atoms with E-state index >= 15 is 0 Å². The fourth-order valence-corrected chi connectivity index (χ4v) is 3.10. The maximum Gasteiger partial charge on any atom is 0.213 e.